The molecule has 0 radical (unpaired) electrons. The monoisotopic (exact) mass is 290 g/mol. The zero-order valence-electron chi connectivity index (χ0n) is 13.9. The van der Waals surface area contributed by atoms with Crippen molar-refractivity contribution in [3.63, 3.8) is 0 Å². The molecule has 1 fully saturated rings. The summed E-state index contributed by atoms with van der Waals surface area (Å²) >= 11 is 0. The number of benzene rings is 1. The molecule has 0 aliphatic heterocycles. The van der Waals surface area contributed by atoms with Crippen molar-refractivity contribution in [2.45, 2.75) is 58.2 Å². The normalized spacial score (nSPS) is 25.8. The minimum atomic E-state index is -0.237. The van der Waals surface area contributed by atoms with Gasteiger partial charge in [0.25, 0.3) is 0 Å². The Morgan fingerprint density at radius 3 is 2.52 bits per heavy atom. The van der Waals surface area contributed by atoms with Gasteiger partial charge < -0.3 is 5.11 Å². The number of phenols is 1. The molecular weight excluding hydrogens is 260 g/mol. The maximum atomic E-state index is 9.83. The van der Waals surface area contributed by atoms with E-state index in [-0.39, 0.29) is 5.66 Å². The predicted molar refractivity (Wildman–Crippen MR) is 88.3 cm³/mol. The summed E-state index contributed by atoms with van der Waals surface area (Å²) in [7, 11) is 2.14. The Kier molecular flexibility index (Phi) is 5.28. The summed E-state index contributed by atoms with van der Waals surface area (Å²) in [5, 5.41) is 13.7. The molecule has 0 aromatic heterocycles. The average molecular weight is 290 g/mol. The van der Waals surface area contributed by atoms with Crippen molar-refractivity contribution in [1.82, 2.24) is 10.2 Å². The molecule has 0 spiro atoms. The maximum absolute atomic E-state index is 9.83. The van der Waals surface area contributed by atoms with E-state index < -0.39 is 0 Å². The highest BCUT2D eigenvalue weighted by Crippen LogP contribution is 2.31. The van der Waals surface area contributed by atoms with Crippen LogP contribution in [0.1, 0.15) is 52.0 Å². The van der Waals surface area contributed by atoms with Crippen LogP contribution in [0.15, 0.2) is 24.3 Å². The summed E-state index contributed by atoms with van der Waals surface area (Å²) in [6.07, 6.45) is 5.10. The van der Waals surface area contributed by atoms with Gasteiger partial charge in [0.05, 0.1) is 5.66 Å². The summed E-state index contributed by atoms with van der Waals surface area (Å²) in [5.41, 5.74) is 0.893. The Balaban J connectivity index is 2.21. The highest BCUT2D eigenvalue weighted by molar-refractivity contribution is 5.32. The largest absolute Gasteiger partial charge is 0.508 e. The zero-order chi connectivity index (χ0) is 15.5. The van der Waals surface area contributed by atoms with Crippen molar-refractivity contribution in [3.8, 4) is 5.75 Å². The molecule has 1 unspecified atom stereocenters. The number of aromatic hydroxyl groups is 1. The molecule has 1 aliphatic rings. The van der Waals surface area contributed by atoms with Gasteiger partial charge >= 0.3 is 0 Å². The molecule has 3 nitrogen and oxygen atoms in total. The highest BCUT2D eigenvalue weighted by Gasteiger charge is 2.34. The van der Waals surface area contributed by atoms with E-state index in [9.17, 15) is 5.11 Å². The summed E-state index contributed by atoms with van der Waals surface area (Å²) < 4.78 is 0. The molecule has 1 saturated carbocycles. The minimum absolute atomic E-state index is 0.237. The van der Waals surface area contributed by atoms with Crippen molar-refractivity contribution < 1.29 is 5.11 Å². The molecule has 118 valence electrons. The van der Waals surface area contributed by atoms with Crippen molar-refractivity contribution in [2.24, 2.45) is 5.92 Å². The molecule has 1 aliphatic carbocycles. The van der Waals surface area contributed by atoms with E-state index >= 15 is 0 Å². The van der Waals surface area contributed by atoms with Crippen molar-refractivity contribution in [2.75, 3.05) is 13.6 Å². The number of hydrogen-bond acceptors (Lipinski definition) is 3. The van der Waals surface area contributed by atoms with Gasteiger partial charge in [-0.2, -0.15) is 0 Å². The fourth-order valence-corrected chi connectivity index (χ4v) is 3.34. The van der Waals surface area contributed by atoms with E-state index in [0.717, 1.165) is 18.0 Å². The molecule has 0 bridgehead atoms. The van der Waals surface area contributed by atoms with Crippen molar-refractivity contribution in [1.29, 1.82) is 0 Å². The third kappa shape index (κ3) is 3.78. The second-order valence-corrected chi connectivity index (χ2v) is 6.74. The molecule has 0 heterocycles. The first-order chi connectivity index (χ1) is 9.95. The van der Waals surface area contributed by atoms with E-state index in [2.05, 4.69) is 44.1 Å². The average Bonchev–Trinajstić information content (AvgIpc) is 2.48. The van der Waals surface area contributed by atoms with Crippen molar-refractivity contribution in [3.05, 3.63) is 29.8 Å². The smallest absolute Gasteiger partial charge is 0.115 e. The summed E-state index contributed by atoms with van der Waals surface area (Å²) in [5.74, 6) is 1.20. The van der Waals surface area contributed by atoms with E-state index in [1.807, 2.05) is 12.1 Å². The Morgan fingerprint density at radius 2 is 1.95 bits per heavy atom. The first-order valence-electron chi connectivity index (χ1n) is 8.24. The Labute approximate surface area is 129 Å². The molecule has 21 heavy (non-hydrogen) atoms. The number of rotatable bonds is 5. The molecule has 1 aromatic carbocycles. The van der Waals surface area contributed by atoms with Crippen LogP contribution in [0.2, 0.25) is 0 Å². The van der Waals surface area contributed by atoms with Gasteiger partial charge in [0.2, 0.25) is 0 Å². The van der Waals surface area contributed by atoms with Crippen molar-refractivity contribution >= 4 is 0 Å². The van der Waals surface area contributed by atoms with Gasteiger partial charge in [-0.15, -0.1) is 0 Å². The quantitative estimate of drug-likeness (QED) is 0.812. The zero-order valence-corrected chi connectivity index (χ0v) is 13.9. The van der Waals surface area contributed by atoms with Crippen LogP contribution < -0.4 is 5.32 Å². The van der Waals surface area contributed by atoms with Gasteiger partial charge in [-0.1, -0.05) is 26.0 Å². The number of hydrogen-bond donors (Lipinski definition) is 2. The topological polar surface area (TPSA) is 35.5 Å². The molecule has 2 rings (SSSR count). The first-order valence-corrected chi connectivity index (χ1v) is 8.24. The van der Waals surface area contributed by atoms with E-state index in [1.54, 1.807) is 6.07 Å². The van der Waals surface area contributed by atoms with Gasteiger partial charge in [-0.3, -0.25) is 10.2 Å². The fraction of sp³-hybridized carbons (Fsp3) is 0.667. The van der Waals surface area contributed by atoms with Crippen LogP contribution in [-0.2, 0) is 5.66 Å². The second kappa shape index (κ2) is 6.80. The predicted octanol–water partition coefficient (Wildman–Crippen LogP) is 3.68. The lowest BCUT2D eigenvalue weighted by atomic mass is 9.86. The second-order valence-electron chi connectivity index (χ2n) is 6.74. The maximum Gasteiger partial charge on any atom is 0.115 e. The van der Waals surface area contributed by atoms with Crippen LogP contribution in [0.25, 0.3) is 0 Å². The number of nitrogens with zero attached hydrogens (tertiary/aromatic N) is 1. The lowest BCUT2D eigenvalue weighted by Crippen LogP contribution is -2.56. The van der Waals surface area contributed by atoms with E-state index in [4.69, 9.17) is 0 Å². The lowest BCUT2D eigenvalue weighted by molar-refractivity contribution is 0.0764. The summed E-state index contributed by atoms with van der Waals surface area (Å²) in [6, 6.07) is 8.20. The standard InChI is InChI=1S/C18H30N2O/c1-5-20(4)18(3,15-7-6-8-17(21)13-15)19-16-11-9-14(2)10-12-16/h6-8,13-14,16,19,21H,5,9-12H2,1-4H3. The van der Waals surface area contributed by atoms with Crippen LogP contribution in [0.5, 0.6) is 5.75 Å². The third-order valence-electron chi connectivity index (χ3n) is 5.15. The van der Waals surface area contributed by atoms with E-state index in [1.165, 1.54) is 25.7 Å². The van der Waals surface area contributed by atoms with Crippen LogP contribution in [-0.4, -0.2) is 29.6 Å². The molecule has 2 N–H and O–H groups in total. The van der Waals surface area contributed by atoms with Gasteiger partial charge in [0.15, 0.2) is 0 Å². The molecule has 3 heteroatoms. The van der Waals surface area contributed by atoms with Gasteiger partial charge in [0, 0.05) is 6.04 Å². The van der Waals surface area contributed by atoms with Crippen LogP contribution in [0.3, 0.4) is 0 Å². The molecular formula is C18H30N2O. The first kappa shape index (κ1) is 16.3. The van der Waals surface area contributed by atoms with E-state index in [0.29, 0.717) is 11.8 Å². The molecule has 1 atom stereocenters. The lowest BCUT2D eigenvalue weighted by Gasteiger charge is -2.44. The summed E-state index contributed by atoms with van der Waals surface area (Å²) in [4.78, 5) is 2.32. The fourth-order valence-electron chi connectivity index (χ4n) is 3.34. The van der Waals surface area contributed by atoms with Gasteiger partial charge in [-0.25, -0.2) is 0 Å². The minimum Gasteiger partial charge on any atom is -0.508 e. The Morgan fingerprint density at radius 1 is 1.29 bits per heavy atom. The van der Waals surface area contributed by atoms with Gasteiger partial charge in [0.1, 0.15) is 5.75 Å². The third-order valence-corrected chi connectivity index (χ3v) is 5.15. The van der Waals surface area contributed by atoms with Gasteiger partial charge in [-0.05, 0) is 69.8 Å². The number of nitrogens with one attached hydrogen (secondary N) is 1. The Bertz CT molecular complexity index is 454. The SMILES string of the molecule is CCN(C)C(C)(NC1CCC(C)CC1)c1cccc(O)c1. The molecule has 0 amide bonds. The van der Waals surface area contributed by atoms with Crippen LogP contribution >= 0.6 is 0 Å². The van der Waals surface area contributed by atoms with Crippen LogP contribution in [0.4, 0.5) is 0 Å². The number of phenolic OH excluding ortho intramolecular Hbond substituents is 1. The molecule has 1 aromatic rings. The summed E-state index contributed by atoms with van der Waals surface area (Å²) in [6.45, 7) is 7.71. The molecule has 0 saturated heterocycles. The highest BCUT2D eigenvalue weighted by atomic mass is 16.3. The Hall–Kier alpha value is -1.06. The van der Waals surface area contributed by atoms with Crippen LogP contribution in [0, 0.1) is 5.92 Å².